The monoisotopic (exact) mass is 1010 g/mol. The maximum Gasteiger partial charge on any atom is 0.0720 e. The first-order valence-electron chi connectivity index (χ1n) is 20.8. The molecular weight excluding hydrogens is 986 g/mol. The van der Waals surface area contributed by atoms with E-state index in [0.29, 0.717) is 42.7 Å². The third-order valence-electron chi connectivity index (χ3n) is 12.5. The molecule has 0 saturated carbocycles. The van der Waals surface area contributed by atoms with Crippen molar-refractivity contribution in [2.24, 2.45) is 0 Å². The summed E-state index contributed by atoms with van der Waals surface area (Å²) in [6.45, 7) is 0. The van der Waals surface area contributed by atoms with Gasteiger partial charge >= 0.3 is 0 Å². The van der Waals surface area contributed by atoms with Gasteiger partial charge in [0.05, 0.1) is 39.0 Å². The van der Waals surface area contributed by atoms with Crippen LogP contribution in [0.2, 0.25) is 40.2 Å². The molecule has 3 nitrogen and oxygen atoms in total. The van der Waals surface area contributed by atoms with Crippen LogP contribution in [0.4, 0.5) is 0 Å². The van der Waals surface area contributed by atoms with Gasteiger partial charge in [-0.1, -0.05) is 166 Å². The highest BCUT2D eigenvalue weighted by molar-refractivity contribution is 6.43. The number of para-hydroxylation sites is 4. The third kappa shape index (κ3) is 6.55. The molecule has 3 heterocycles. The molecule has 0 amide bonds. The molecule has 12 rings (SSSR count). The second kappa shape index (κ2) is 16.2. The number of aromatic nitrogens is 3. The smallest absolute Gasteiger partial charge is 0.0720 e. The Morgan fingerprint density at radius 2 is 0.530 bits per heavy atom. The molecule has 0 saturated heterocycles. The zero-order chi connectivity index (χ0) is 45.1. The molecule has 0 fully saturated rings. The number of hydrogen-bond donors (Lipinski definition) is 0. The molecule has 1 radical (unpaired) electrons. The fourth-order valence-corrected chi connectivity index (χ4v) is 12.5. The molecule has 0 bridgehead atoms. The maximum atomic E-state index is 7.48. The lowest BCUT2D eigenvalue weighted by Gasteiger charge is -2.25. The lowest BCUT2D eigenvalue weighted by Crippen LogP contribution is -2.10. The van der Waals surface area contributed by atoms with Gasteiger partial charge < -0.3 is 13.7 Å². The van der Waals surface area contributed by atoms with Gasteiger partial charge in [0.1, 0.15) is 0 Å². The van der Waals surface area contributed by atoms with Crippen LogP contribution in [0, 0.1) is 5.92 Å². The van der Waals surface area contributed by atoms with Crippen molar-refractivity contribution in [1.82, 2.24) is 13.7 Å². The highest BCUT2D eigenvalue weighted by atomic mass is 35.5. The van der Waals surface area contributed by atoms with Gasteiger partial charge in [-0.25, -0.2) is 0 Å². The van der Waals surface area contributed by atoms with Crippen molar-refractivity contribution in [2.75, 3.05) is 0 Å². The average Bonchev–Trinajstić information content (AvgIpc) is 3.93. The van der Waals surface area contributed by atoms with Gasteiger partial charge in [-0.3, -0.25) is 0 Å². The van der Waals surface area contributed by atoms with E-state index in [9.17, 15) is 0 Å². The van der Waals surface area contributed by atoms with Crippen LogP contribution in [0.5, 0.6) is 0 Å². The standard InChI is InChI=1S/C55H28Cl8N3/c56-29-21-40(58)52(41(59)22-29)55(53-42(60)23-30(57)24-43(53)61)54-44(62)27-33(28-45(54)63)66-50-19-17-31(64-46-13-5-1-9-34(46)35-10-2-6-14-47(35)64)25-38(50)39-26-32(18-20-51(39)66)65-48-15-7-3-11-36(48)37-12-4-8-16-49(37)65/h1-28H. The van der Waals surface area contributed by atoms with Crippen LogP contribution in [0.3, 0.4) is 0 Å². The Bertz CT molecular complexity index is 3610. The molecule has 319 valence electrons. The van der Waals surface area contributed by atoms with Crippen LogP contribution >= 0.6 is 92.8 Å². The molecule has 3 aromatic heterocycles. The van der Waals surface area contributed by atoms with Crippen molar-refractivity contribution in [1.29, 1.82) is 0 Å². The van der Waals surface area contributed by atoms with Crippen molar-refractivity contribution in [3.8, 4) is 17.1 Å². The Morgan fingerprint density at radius 1 is 0.258 bits per heavy atom. The second-order valence-corrected chi connectivity index (χ2v) is 19.4. The average molecular weight is 1010 g/mol. The molecular formula is C55H28Cl8N3. The van der Waals surface area contributed by atoms with Crippen molar-refractivity contribution >= 4 is 158 Å². The molecule has 0 atom stereocenters. The minimum Gasteiger partial charge on any atom is -0.309 e. The van der Waals surface area contributed by atoms with E-state index < -0.39 is 0 Å². The molecule has 66 heavy (non-hydrogen) atoms. The maximum absolute atomic E-state index is 7.48. The van der Waals surface area contributed by atoms with Gasteiger partial charge in [0.25, 0.3) is 0 Å². The molecule has 9 aromatic carbocycles. The van der Waals surface area contributed by atoms with E-state index in [1.165, 1.54) is 21.5 Å². The Balaban J connectivity index is 1.13. The fourth-order valence-electron chi connectivity index (χ4n) is 9.82. The number of fused-ring (bicyclic) bond motifs is 9. The fraction of sp³-hybridized carbons (Fsp3) is 0. The normalized spacial score (nSPS) is 12.1. The predicted molar refractivity (Wildman–Crippen MR) is 283 cm³/mol. The van der Waals surface area contributed by atoms with E-state index >= 15 is 0 Å². The number of nitrogens with zero attached hydrogens (tertiary/aromatic N) is 3. The molecule has 0 aliphatic heterocycles. The topological polar surface area (TPSA) is 14.8 Å². The summed E-state index contributed by atoms with van der Waals surface area (Å²) in [7, 11) is 0. The van der Waals surface area contributed by atoms with E-state index in [-0.39, 0.29) is 20.1 Å². The van der Waals surface area contributed by atoms with Crippen molar-refractivity contribution in [2.45, 2.75) is 0 Å². The summed E-state index contributed by atoms with van der Waals surface area (Å²) in [4.78, 5) is 0. The summed E-state index contributed by atoms with van der Waals surface area (Å²) in [5.74, 6) is 0.420. The first kappa shape index (κ1) is 42.1. The van der Waals surface area contributed by atoms with Crippen LogP contribution in [0.1, 0.15) is 16.7 Å². The summed E-state index contributed by atoms with van der Waals surface area (Å²) < 4.78 is 6.87. The number of halogens is 8. The molecule has 12 aromatic rings. The Labute approximate surface area is 418 Å². The van der Waals surface area contributed by atoms with E-state index in [4.69, 9.17) is 92.8 Å². The zero-order valence-electron chi connectivity index (χ0n) is 34.0. The summed E-state index contributed by atoms with van der Waals surface area (Å²) in [5.41, 5.74) is 10.4. The molecule has 0 N–H and O–H groups in total. The van der Waals surface area contributed by atoms with Crippen molar-refractivity contribution in [3.63, 3.8) is 0 Å². The summed E-state index contributed by atoms with van der Waals surface area (Å²) in [6.07, 6.45) is 0. The van der Waals surface area contributed by atoms with E-state index in [1.807, 2.05) is 12.1 Å². The van der Waals surface area contributed by atoms with E-state index in [0.717, 1.165) is 60.9 Å². The lowest BCUT2D eigenvalue weighted by molar-refractivity contribution is 1.15. The second-order valence-electron chi connectivity index (χ2n) is 16.1. The summed E-state index contributed by atoms with van der Waals surface area (Å²) >= 11 is 55.6. The van der Waals surface area contributed by atoms with Crippen LogP contribution < -0.4 is 0 Å². The van der Waals surface area contributed by atoms with Crippen LogP contribution in [0.15, 0.2) is 170 Å². The van der Waals surface area contributed by atoms with Crippen LogP contribution in [-0.4, -0.2) is 13.7 Å². The van der Waals surface area contributed by atoms with Gasteiger partial charge in [-0.05, 0) is 97.1 Å². The van der Waals surface area contributed by atoms with Crippen molar-refractivity contribution in [3.05, 3.63) is 233 Å². The van der Waals surface area contributed by atoms with Gasteiger partial charge in [-0.15, -0.1) is 0 Å². The van der Waals surface area contributed by atoms with Gasteiger partial charge in [-0.2, -0.15) is 0 Å². The minimum absolute atomic E-state index is 0.251. The Hall–Kier alpha value is -5.30. The number of hydrogen-bond acceptors (Lipinski definition) is 0. The van der Waals surface area contributed by atoms with Gasteiger partial charge in [0.15, 0.2) is 0 Å². The number of rotatable bonds is 6. The number of benzene rings is 9. The highest BCUT2D eigenvalue weighted by Gasteiger charge is 2.32. The van der Waals surface area contributed by atoms with Gasteiger partial charge in [0.2, 0.25) is 0 Å². The van der Waals surface area contributed by atoms with E-state index in [1.54, 1.807) is 24.3 Å². The van der Waals surface area contributed by atoms with Crippen molar-refractivity contribution < 1.29 is 0 Å². The SMILES string of the molecule is Clc1cc(Cl)c([C](c2c(Cl)cc(Cl)cc2Cl)c2c(Cl)cc(-n3c4ccc(-n5c6ccccc6c6ccccc65)cc4c4cc(-n5c6ccccc6c6ccccc65)ccc43)cc2Cl)c(Cl)c1. The first-order chi connectivity index (χ1) is 32.0. The minimum atomic E-state index is 0.251. The van der Waals surface area contributed by atoms with Crippen LogP contribution in [0.25, 0.3) is 82.5 Å². The summed E-state index contributed by atoms with van der Waals surface area (Å²) in [6, 6.07) is 57.5. The zero-order valence-corrected chi connectivity index (χ0v) is 40.1. The largest absolute Gasteiger partial charge is 0.309 e. The first-order valence-corrected chi connectivity index (χ1v) is 23.8. The lowest BCUT2D eigenvalue weighted by atomic mass is 9.84. The summed E-state index contributed by atoms with van der Waals surface area (Å²) in [5, 5.41) is 9.13. The van der Waals surface area contributed by atoms with E-state index in [2.05, 4.69) is 147 Å². The molecule has 0 aliphatic carbocycles. The highest BCUT2D eigenvalue weighted by Crippen LogP contribution is 2.50. The Kier molecular flexibility index (Phi) is 10.3. The molecule has 11 heteroatoms. The third-order valence-corrected chi connectivity index (χ3v) is 14.7. The molecule has 0 aliphatic rings. The Morgan fingerprint density at radius 3 is 0.864 bits per heavy atom. The molecule has 0 unspecified atom stereocenters. The predicted octanol–water partition coefficient (Wildman–Crippen LogP) is 19.2. The molecule has 0 spiro atoms. The quantitative estimate of drug-likeness (QED) is 0.147. The van der Waals surface area contributed by atoms with Gasteiger partial charge in [0, 0.05) is 106 Å². The van der Waals surface area contributed by atoms with Crippen LogP contribution in [-0.2, 0) is 0 Å².